The molecule has 5 nitrogen and oxygen atoms in total. The first-order valence-corrected chi connectivity index (χ1v) is 10.2. The Kier molecular flexibility index (Phi) is 5.65. The fraction of sp³-hybridized carbons (Fsp3) is 0.250. The van der Waals surface area contributed by atoms with Crippen molar-refractivity contribution in [3.63, 3.8) is 0 Å². The summed E-state index contributed by atoms with van der Waals surface area (Å²) in [5.41, 5.74) is 1.96. The molecule has 0 atom stereocenters. The largest absolute Gasteiger partial charge is 0.347 e. The molecule has 0 radical (unpaired) electrons. The molecule has 0 unspecified atom stereocenters. The number of hydrogen-bond acceptors (Lipinski definition) is 2. The number of aromatic nitrogens is 1. The van der Waals surface area contributed by atoms with Crippen LogP contribution in [0.2, 0.25) is 0 Å². The third kappa shape index (κ3) is 3.85. The van der Waals surface area contributed by atoms with Gasteiger partial charge in [-0.05, 0) is 44.0 Å². The average molecular weight is 405 g/mol. The summed E-state index contributed by atoms with van der Waals surface area (Å²) in [6.07, 6.45) is 5.55. The maximum absolute atomic E-state index is 14.1. The van der Waals surface area contributed by atoms with E-state index in [1.54, 1.807) is 17.0 Å². The maximum Gasteiger partial charge on any atom is 0.270 e. The van der Waals surface area contributed by atoms with Crippen molar-refractivity contribution in [3.05, 3.63) is 77.4 Å². The zero-order valence-electron chi connectivity index (χ0n) is 16.9. The van der Waals surface area contributed by atoms with E-state index in [0.29, 0.717) is 13.1 Å². The number of fused-ring (bicyclic) bond motifs is 1. The fourth-order valence-electron chi connectivity index (χ4n) is 3.88. The van der Waals surface area contributed by atoms with Crippen LogP contribution in [-0.4, -0.2) is 34.4 Å². The normalized spacial score (nSPS) is 14.3. The van der Waals surface area contributed by atoms with Gasteiger partial charge >= 0.3 is 0 Å². The molecule has 154 valence electrons. The Bertz CT molecular complexity index is 1130. The molecule has 2 heterocycles. The van der Waals surface area contributed by atoms with Crippen molar-refractivity contribution < 1.29 is 14.0 Å². The molecule has 1 fully saturated rings. The highest BCUT2D eigenvalue weighted by atomic mass is 19.1. The van der Waals surface area contributed by atoms with Gasteiger partial charge in [-0.25, -0.2) is 4.39 Å². The third-order valence-electron chi connectivity index (χ3n) is 5.45. The van der Waals surface area contributed by atoms with Gasteiger partial charge in [0.15, 0.2) is 0 Å². The summed E-state index contributed by atoms with van der Waals surface area (Å²) in [4.78, 5) is 27.6. The third-order valence-corrected chi connectivity index (χ3v) is 5.45. The first kappa shape index (κ1) is 19.9. The van der Waals surface area contributed by atoms with Crippen LogP contribution in [0.1, 0.15) is 35.7 Å². The summed E-state index contributed by atoms with van der Waals surface area (Å²) in [7, 11) is 0. The Balaban J connectivity index is 1.75. The predicted octanol–water partition coefficient (Wildman–Crippen LogP) is 4.19. The number of carbonyl (C=O) groups is 2. The van der Waals surface area contributed by atoms with Crippen molar-refractivity contribution in [2.24, 2.45) is 0 Å². The van der Waals surface area contributed by atoms with Gasteiger partial charge in [-0.1, -0.05) is 30.3 Å². The van der Waals surface area contributed by atoms with Crippen molar-refractivity contribution >= 4 is 28.8 Å². The smallest absolute Gasteiger partial charge is 0.270 e. The molecule has 0 spiro atoms. The molecule has 0 saturated carbocycles. The second-order valence-corrected chi connectivity index (χ2v) is 7.38. The van der Waals surface area contributed by atoms with Gasteiger partial charge in [0.2, 0.25) is 0 Å². The van der Waals surface area contributed by atoms with Gasteiger partial charge in [0.05, 0.1) is 5.56 Å². The number of likely N-dealkylation sites (tertiary alicyclic amines) is 1. The van der Waals surface area contributed by atoms with Crippen LogP contribution in [0.25, 0.3) is 17.0 Å². The lowest BCUT2D eigenvalue weighted by Crippen LogP contribution is -2.37. The zero-order valence-corrected chi connectivity index (χ0v) is 16.9. The molecule has 1 saturated heterocycles. The lowest BCUT2D eigenvalue weighted by molar-refractivity contribution is -0.126. The lowest BCUT2D eigenvalue weighted by atomic mass is 10.1. The van der Waals surface area contributed by atoms with Crippen LogP contribution >= 0.6 is 0 Å². The van der Waals surface area contributed by atoms with Gasteiger partial charge in [0, 0.05) is 42.3 Å². The maximum atomic E-state index is 14.1. The van der Waals surface area contributed by atoms with E-state index in [0.717, 1.165) is 35.9 Å². The summed E-state index contributed by atoms with van der Waals surface area (Å²) in [6.45, 7) is 4.15. The monoisotopic (exact) mass is 405 g/mol. The highest BCUT2D eigenvalue weighted by Gasteiger charge is 2.24. The molecule has 0 bridgehead atoms. The number of nitrogens with zero attached hydrogens (tertiary/aromatic N) is 2. The van der Waals surface area contributed by atoms with Crippen molar-refractivity contribution in [1.82, 2.24) is 14.8 Å². The van der Waals surface area contributed by atoms with Crippen LogP contribution in [0.15, 0.2) is 60.4 Å². The number of hydrogen-bond donors (Lipinski definition) is 1. The van der Waals surface area contributed by atoms with Gasteiger partial charge in [-0.2, -0.15) is 0 Å². The van der Waals surface area contributed by atoms with Gasteiger partial charge < -0.3 is 14.8 Å². The second-order valence-electron chi connectivity index (χ2n) is 7.38. The minimum absolute atomic E-state index is 0.0893. The van der Waals surface area contributed by atoms with E-state index >= 15 is 0 Å². The summed E-state index contributed by atoms with van der Waals surface area (Å²) in [5, 5.41) is 3.66. The van der Waals surface area contributed by atoms with Gasteiger partial charge in [-0.3, -0.25) is 9.59 Å². The molecule has 6 heteroatoms. The highest BCUT2D eigenvalue weighted by Crippen LogP contribution is 2.24. The molecular formula is C24H24FN3O2. The quantitative estimate of drug-likeness (QED) is 0.647. The highest BCUT2D eigenvalue weighted by molar-refractivity contribution is 6.06. The van der Waals surface area contributed by atoms with Gasteiger partial charge in [-0.15, -0.1) is 0 Å². The van der Waals surface area contributed by atoms with Crippen LogP contribution in [0.5, 0.6) is 0 Å². The van der Waals surface area contributed by atoms with Crippen LogP contribution in [-0.2, 0) is 11.3 Å². The first-order valence-electron chi connectivity index (χ1n) is 10.2. The summed E-state index contributed by atoms with van der Waals surface area (Å²) in [5.74, 6) is -1.50. The minimum Gasteiger partial charge on any atom is -0.347 e. The van der Waals surface area contributed by atoms with E-state index in [9.17, 15) is 14.0 Å². The Morgan fingerprint density at radius 1 is 1.07 bits per heavy atom. The second kappa shape index (κ2) is 8.53. The molecule has 1 N–H and O–H groups in total. The van der Waals surface area contributed by atoms with Crippen molar-refractivity contribution in [2.45, 2.75) is 26.3 Å². The molecule has 2 aromatic carbocycles. The molecule has 4 rings (SSSR count). The molecule has 1 aliphatic heterocycles. The van der Waals surface area contributed by atoms with Crippen LogP contribution in [0.4, 0.5) is 4.39 Å². The van der Waals surface area contributed by atoms with E-state index < -0.39 is 11.7 Å². The molecule has 30 heavy (non-hydrogen) atoms. The molecule has 1 aliphatic rings. The molecule has 3 aromatic rings. The number of amides is 2. The van der Waals surface area contributed by atoms with Gasteiger partial charge in [0.1, 0.15) is 11.5 Å². The number of benzene rings is 2. The zero-order chi connectivity index (χ0) is 21.1. The molecule has 1 aromatic heterocycles. The van der Waals surface area contributed by atoms with E-state index in [1.807, 2.05) is 30.5 Å². The first-order chi connectivity index (χ1) is 14.6. The van der Waals surface area contributed by atoms with Crippen LogP contribution in [0.3, 0.4) is 0 Å². The SMILES string of the molecule is CCn1cc(/C=C(\NC(=O)c2ccccc2F)C(=O)N2CCCC2)c2ccccc21. The lowest BCUT2D eigenvalue weighted by Gasteiger charge is -2.18. The van der Waals surface area contributed by atoms with Crippen LogP contribution < -0.4 is 5.32 Å². The van der Waals surface area contributed by atoms with E-state index in [1.165, 1.54) is 18.2 Å². The van der Waals surface area contributed by atoms with Crippen molar-refractivity contribution in [2.75, 3.05) is 13.1 Å². The Morgan fingerprint density at radius 2 is 1.77 bits per heavy atom. The average Bonchev–Trinajstić information content (AvgIpc) is 3.41. The Morgan fingerprint density at radius 3 is 2.50 bits per heavy atom. The molecule has 0 aliphatic carbocycles. The molecular weight excluding hydrogens is 381 g/mol. The van der Waals surface area contributed by atoms with E-state index in [-0.39, 0.29) is 17.2 Å². The number of aryl methyl sites for hydroxylation is 1. The molecule has 2 amide bonds. The number of para-hydroxylation sites is 1. The van der Waals surface area contributed by atoms with Crippen molar-refractivity contribution in [1.29, 1.82) is 0 Å². The fourth-order valence-corrected chi connectivity index (χ4v) is 3.88. The summed E-state index contributed by atoms with van der Waals surface area (Å²) < 4.78 is 16.2. The predicted molar refractivity (Wildman–Crippen MR) is 115 cm³/mol. The number of halogens is 1. The summed E-state index contributed by atoms with van der Waals surface area (Å²) in [6, 6.07) is 13.7. The van der Waals surface area contributed by atoms with Gasteiger partial charge in [0.25, 0.3) is 11.8 Å². The Labute approximate surface area is 174 Å². The number of rotatable bonds is 5. The van der Waals surface area contributed by atoms with E-state index in [2.05, 4.69) is 16.8 Å². The van der Waals surface area contributed by atoms with Crippen LogP contribution in [0, 0.1) is 5.82 Å². The minimum atomic E-state index is -0.633. The Hall–Kier alpha value is -3.41. The standard InChI is InChI=1S/C24H24FN3O2/c1-2-27-16-17(18-9-4-6-12-22(18)27)15-21(24(30)28-13-7-8-14-28)26-23(29)19-10-3-5-11-20(19)25/h3-6,9-12,15-16H,2,7-8,13-14H2,1H3,(H,26,29)/b21-15-. The van der Waals surface area contributed by atoms with E-state index in [4.69, 9.17) is 0 Å². The number of nitrogens with one attached hydrogen (secondary N) is 1. The summed E-state index contributed by atoms with van der Waals surface area (Å²) >= 11 is 0. The topological polar surface area (TPSA) is 54.3 Å². The van der Waals surface area contributed by atoms with Crippen molar-refractivity contribution in [3.8, 4) is 0 Å². The number of carbonyl (C=O) groups excluding carboxylic acids is 2.